The highest BCUT2D eigenvalue weighted by atomic mass is 32.2. The Morgan fingerprint density at radius 3 is 2.70 bits per heavy atom. The van der Waals surface area contributed by atoms with Crippen molar-refractivity contribution in [2.45, 2.75) is 38.3 Å². The van der Waals surface area contributed by atoms with Gasteiger partial charge in [-0.1, -0.05) is 17.8 Å². The SMILES string of the molecule is CCOc1ccc(-c2nnc(SCC(=O)N(CC)C3=CCCC3)n2N)cc1. The second kappa shape index (κ2) is 8.94. The van der Waals surface area contributed by atoms with Gasteiger partial charge >= 0.3 is 0 Å². The highest BCUT2D eigenvalue weighted by Gasteiger charge is 2.20. The largest absolute Gasteiger partial charge is 0.494 e. The average Bonchev–Trinajstić information content (AvgIpc) is 3.32. The third kappa shape index (κ3) is 4.44. The third-order valence-electron chi connectivity index (χ3n) is 4.39. The summed E-state index contributed by atoms with van der Waals surface area (Å²) >= 11 is 1.31. The molecule has 1 aromatic carbocycles. The summed E-state index contributed by atoms with van der Waals surface area (Å²) in [4.78, 5) is 14.4. The van der Waals surface area contributed by atoms with Crippen molar-refractivity contribution in [2.24, 2.45) is 0 Å². The van der Waals surface area contributed by atoms with Gasteiger partial charge in [0.1, 0.15) is 5.75 Å². The van der Waals surface area contributed by atoms with Crippen molar-refractivity contribution in [1.82, 2.24) is 19.8 Å². The maximum Gasteiger partial charge on any atom is 0.237 e. The van der Waals surface area contributed by atoms with E-state index in [1.807, 2.05) is 43.0 Å². The number of allylic oxidation sites excluding steroid dienone is 2. The van der Waals surface area contributed by atoms with Crippen LogP contribution in [0.15, 0.2) is 41.2 Å². The molecule has 0 saturated heterocycles. The van der Waals surface area contributed by atoms with Crippen LogP contribution in [-0.2, 0) is 4.79 Å². The molecule has 1 aromatic heterocycles. The van der Waals surface area contributed by atoms with Crippen LogP contribution in [-0.4, -0.2) is 44.6 Å². The van der Waals surface area contributed by atoms with Gasteiger partial charge in [-0.05, 0) is 57.4 Å². The molecule has 0 saturated carbocycles. The summed E-state index contributed by atoms with van der Waals surface area (Å²) in [6.45, 7) is 5.24. The predicted molar refractivity (Wildman–Crippen MR) is 107 cm³/mol. The maximum absolute atomic E-state index is 12.6. The van der Waals surface area contributed by atoms with Gasteiger partial charge in [-0.2, -0.15) is 0 Å². The van der Waals surface area contributed by atoms with Crippen molar-refractivity contribution in [2.75, 3.05) is 24.7 Å². The Balaban J connectivity index is 1.65. The minimum absolute atomic E-state index is 0.0706. The fraction of sp³-hybridized carbons (Fsp3) is 0.421. The van der Waals surface area contributed by atoms with Crippen LogP contribution in [0.1, 0.15) is 33.1 Å². The zero-order valence-electron chi connectivity index (χ0n) is 15.7. The van der Waals surface area contributed by atoms with Gasteiger partial charge in [-0.3, -0.25) is 4.79 Å². The molecule has 1 aliphatic rings. The topological polar surface area (TPSA) is 86.3 Å². The molecule has 0 spiro atoms. The molecule has 1 amide bonds. The van der Waals surface area contributed by atoms with E-state index in [2.05, 4.69) is 16.3 Å². The molecule has 0 aliphatic heterocycles. The standard InChI is InChI=1S/C19H25N5O2S/c1-3-23(15-7-5-6-8-15)17(25)13-27-19-22-21-18(24(19)20)14-9-11-16(12-10-14)26-4-2/h7,9-12H,3-6,8,13,20H2,1-2H3. The molecule has 0 radical (unpaired) electrons. The quantitative estimate of drug-likeness (QED) is 0.553. The minimum atomic E-state index is 0.0706. The number of hydrogen-bond donors (Lipinski definition) is 1. The zero-order chi connectivity index (χ0) is 19.2. The number of ether oxygens (including phenoxy) is 1. The van der Waals surface area contributed by atoms with Crippen LogP contribution in [0, 0.1) is 0 Å². The lowest BCUT2D eigenvalue weighted by molar-refractivity contribution is -0.126. The van der Waals surface area contributed by atoms with E-state index in [0.717, 1.165) is 36.3 Å². The number of thioether (sulfide) groups is 1. The molecule has 2 aromatic rings. The van der Waals surface area contributed by atoms with Gasteiger partial charge in [-0.15, -0.1) is 10.2 Å². The number of amides is 1. The molecular formula is C19H25N5O2S. The molecule has 2 N–H and O–H groups in total. The van der Waals surface area contributed by atoms with E-state index >= 15 is 0 Å². The number of carbonyl (C=O) groups excluding carboxylic acids is 1. The molecule has 0 atom stereocenters. The second-order valence-corrected chi connectivity index (χ2v) is 7.09. The molecule has 3 rings (SSSR count). The van der Waals surface area contributed by atoms with E-state index in [1.165, 1.54) is 16.4 Å². The second-order valence-electron chi connectivity index (χ2n) is 6.15. The van der Waals surface area contributed by atoms with Crippen molar-refractivity contribution in [3.05, 3.63) is 36.0 Å². The van der Waals surface area contributed by atoms with E-state index in [1.54, 1.807) is 0 Å². The summed E-state index contributed by atoms with van der Waals surface area (Å²) < 4.78 is 6.88. The van der Waals surface area contributed by atoms with Crippen LogP contribution < -0.4 is 10.6 Å². The van der Waals surface area contributed by atoms with Crippen LogP contribution >= 0.6 is 11.8 Å². The summed E-state index contributed by atoms with van der Waals surface area (Å²) in [6, 6.07) is 7.53. The number of aromatic nitrogens is 3. The van der Waals surface area contributed by atoms with Gasteiger partial charge in [0, 0.05) is 17.8 Å². The first-order chi connectivity index (χ1) is 13.1. The number of nitrogen functional groups attached to an aromatic ring is 1. The minimum Gasteiger partial charge on any atom is -0.494 e. The molecule has 27 heavy (non-hydrogen) atoms. The molecular weight excluding hydrogens is 362 g/mol. The summed E-state index contributed by atoms with van der Waals surface area (Å²) in [5, 5.41) is 8.83. The molecule has 0 unspecified atom stereocenters. The highest BCUT2D eigenvalue weighted by Crippen LogP contribution is 2.25. The van der Waals surface area contributed by atoms with Gasteiger partial charge in [0.25, 0.3) is 0 Å². The number of carbonyl (C=O) groups is 1. The lowest BCUT2D eigenvalue weighted by Crippen LogP contribution is -2.31. The number of nitrogens with two attached hydrogens (primary N) is 1. The number of rotatable bonds is 8. The zero-order valence-corrected chi connectivity index (χ0v) is 16.5. The third-order valence-corrected chi connectivity index (χ3v) is 5.32. The number of nitrogens with zero attached hydrogens (tertiary/aromatic N) is 4. The molecule has 0 fully saturated rings. The van der Waals surface area contributed by atoms with Crippen LogP contribution in [0.3, 0.4) is 0 Å². The Hall–Kier alpha value is -2.48. The molecule has 1 heterocycles. The smallest absolute Gasteiger partial charge is 0.237 e. The first-order valence-corrected chi connectivity index (χ1v) is 10.2. The summed E-state index contributed by atoms with van der Waals surface area (Å²) in [7, 11) is 0. The Kier molecular flexibility index (Phi) is 6.39. The van der Waals surface area contributed by atoms with Crippen LogP contribution in [0.4, 0.5) is 0 Å². The number of hydrogen-bond acceptors (Lipinski definition) is 6. The van der Waals surface area contributed by atoms with Crippen molar-refractivity contribution in [3.63, 3.8) is 0 Å². The fourth-order valence-electron chi connectivity index (χ4n) is 3.08. The summed E-state index contributed by atoms with van der Waals surface area (Å²) in [6.07, 6.45) is 5.30. The summed E-state index contributed by atoms with van der Waals surface area (Å²) in [5.74, 6) is 7.86. The van der Waals surface area contributed by atoms with Crippen molar-refractivity contribution in [3.8, 4) is 17.1 Å². The van der Waals surface area contributed by atoms with E-state index in [9.17, 15) is 4.79 Å². The average molecular weight is 388 g/mol. The van der Waals surface area contributed by atoms with E-state index in [-0.39, 0.29) is 11.7 Å². The first-order valence-electron chi connectivity index (χ1n) is 9.20. The number of benzene rings is 1. The van der Waals surface area contributed by atoms with Crippen LogP contribution in [0.2, 0.25) is 0 Å². The van der Waals surface area contributed by atoms with Crippen molar-refractivity contribution >= 4 is 17.7 Å². The Labute approximate surface area is 163 Å². The lowest BCUT2D eigenvalue weighted by atomic mass is 10.2. The lowest BCUT2D eigenvalue weighted by Gasteiger charge is -2.21. The monoisotopic (exact) mass is 387 g/mol. The molecule has 8 heteroatoms. The van der Waals surface area contributed by atoms with Crippen molar-refractivity contribution in [1.29, 1.82) is 0 Å². The predicted octanol–water partition coefficient (Wildman–Crippen LogP) is 3.07. The Morgan fingerprint density at radius 2 is 2.07 bits per heavy atom. The maximum atomic E-state index is 12.6. The molecule has 144 valence electrons. The molecule has 0 bridgehead atoms. The van der Waals surface area contributed by atoms with Gasteiger partial charge in [-0.25, -0.2) is 4.68 Å². The van der Waals surface area contributed by atoms with Crippen molar-refractivity contribution < 1.29 is 9.53 Å². The van der Waals surface area contributed by atoms with Crippen LogP contribution in [0.25, 0.3) is 11.4 Å². The summed E-state index contributed by atoms with van der Waals surface area (Å²) in [5.41, 5.74) is 1.98. The molecule has 7 nitrogen and oxygen atoms in total. The molecule has 1 aliphatic carbocycles. The fourth-order valence-corrected chi connectivity index (χ4v) is 3.81. The Morgan fingerprint density at radius 1 is 1.30 bits per heavy atom. The van der Waals surface area contributed by atoms with Gasteiger partial charge in [0.05, 0.1) is 12.4 Å². The van der Waals surface area contributed by atoms with E-state index < -0.39 is 0 Å². The van der Waals surface area contributed by atoms with E-state index in [0.29, 0.717) is 24.1 Å². The highest BCUT2D eigenvalue weighted by molar-refractivity contribution is 7.99. The van der Waals surface area contributed by atoms with E-state index in [4.69, 9.17) is 10.6 Å². The van der Waals surface area contributed by atoms with Gasteiger partial charge in [0.15, 0.2) is 5.82 Å². The van der Waals surface area contributed by atoms with Gasteiger partial charge < -0.3 is 15.5 Å². The normalized spacial score (nSPS) is 13.5. The Bertz CT molecular complexity index is 816. The van der Waals surface area contributed by atoms with Gasteiger partial charge in [0.2, 0.25) is 11.1 Å². The first kappa shape index (κ1) is 19.3. The van der Waals surface area contributed by atoms with Crippen LogP contribution in [0.5, 0.6) is 5.75 Å².